The summed E-state index contributed by atoms with van der Waals surface area (Å²) in [6, 6.07) is 2.15. The second kappa shape index (κ2) is 14.8. The van der Waals surface area contributed by atoms with Crippen LogP contribution in [0.2, 0.25) is 0 Å². The van der Waals surface area contributed by atoms with E-state index in [4.69, 9.17) is 23.4 Å². The molecule has 1 aliphatic heterocycles. The second-order valence-corrected chi connectivity index (χ2v) is 8.51. The summed E-state index contributed by atoms with van der Waals surface area (Å²) in [5, 5.41) is 11.2. The van der Waals surface area contributed by atoms with Crippen LogP contribution in [0.25, 0.3) is 0 Å². The van der Waals surface area contributed by atoms with Crippen LogP contribution in [0.1, 0.15) is 43.4 Å². The molecule has 2 rings (SSSR count). The number of nitrogens with zero attached hydrogens (tertiary/aromatic N) is 1. The maximum absolute atomic E-state index is 11.8. The van der Waals surface area contributed by atoms with E-state index in [1.807, 2.05) is 6.08 Å². The lowest BCUT2D eigenvalue weighted by atomic mass is 10.1. The highest BCUT2D eigenvalue weighted by Gasteiger charge is 2.11. The first-order chi connectivity index (χ1) is 14.7. The standard InChI is InChI=1S/C22H32N4O2S2/c1-2-10-24-22(29)25-12-8-9-21(27)23-11-4-7-15-28-19-16-20(30-18-19)17-26-13-5-3-6-14-26/h1,4,11,16,18H,3,5-10,12-15,17H2,(H,23,27)(H2,24,25,29)/b11-4-. The van der Waals surface area contributed by atoms with E-state index in [1.54, 1.807) is 17.5 Å². The van der Waals surface area contributed by atoms with Gasteiger partial charge in [-0.3, -0.25) is 9.69 Å². The third kappa shape index (κ3) is 10.6. The van der Waals surface area contributed by atoms with Crippen molar-refractivity contribution in [2.45, 2.75) is 45.1 Å². The highest BCUT2D eigenvalue weighted by atomic mass is 32.1. The maximum atomic E-state index is 11.8. The Bertz CT molecular complexity index is 721. The summed E-state index contributed by atoms with van der Waals surface area (Å²) >= 11 is 6.80. The number of hydrogen-bond donors (Lipinski definition) is 3. The lowest BCUT2D eigenvalue weighted by Gasteiger charge is -2.25. The number of carbonyl (C=O) groups excluding carboxylic acids is 1. The highest BCUT2D eigenvalue weighted by Crippen LogP contribution is 2.24. The summed E-state index contributed by atoms with van der Waals surface area (Å²) in [4.78, 5) is 15.7. The Hall–Kier alpha value is -2.08. The number of likely N-dealkylation sites (tertiary alicyclic amines) is 1. The smallest absolute Gasteiger partial charge is 0.223 e. The van der Waals surface area contributed by atoms with Crippen molar-refractivity contribution in [3.63, 3.8) is 0 Å². The highest BCUT2D eigenvalue weighted by molar-refractivity contribution is 7.80. The molecule has 0 aliphatic carbocycles. The van der Waals surface area contributed by atoms with Crippen LogP contribution in [-0.2, 0) is 11.3 Å². The fraction of sp³-hybridized carbons (Fsp3) is 0.545. The van der Waals surface area contributed by atoms with E-state index in [9.17, 15) is 4.79 Å². The van der Waals surface area contributed by atoms with Gasteiger partial charge in [-0.15, -0.1) is 17.8 Å². The van der Waals surface area contributed by atoms with Crippen molar-refractivity contribution in [3.8, 4) is 18.1 Å². The fourth-order valence-corrected chi connectivity index (χ4v) is 4.07. The molecular weight excluding hydrogens is 416 g/mol. The van der Waals surface area contributed by atoms with Gasteiger partial charge in [0.05, 0.1) is 13.2 Å². The SMILES string of the molecule is C#CCNC(=S)NCCCC(=O)N/C=C\CCOc1csc(CN2CCCCC2)c1. The molecule has 0 bridgehead atoms. The van der Waals surface area contributed by atoms with Crippen LogP contribution in [0.15, 0.2) is 23.7 Å². The fourth-order valence-electron chi connectivity index (χ4n) is 3.05. The van der Waals surface area contributed by atoms with Crippen LogP contribution in [0.4, 0.5) is 0 Å². The summed E-state index contributed by atoms with van der Waals surface area (Å²) in [5.74, 6) is 3.37. The van der Waals surface area contributed by atoms with Gasteiger partial charge in [-0.25, -0.2) is 0 Å². The van der Waals surface area contributed by atoms with Crippen molar-refractivity contribution in [2.24, 2.45) is 0 Å². The number of thiophene rings is 1. The zero-order valence-corrected chi connectivity index (χ0v) is 19.1. The Morgan fingerprint density at radius 3 is 2.97 bits per heavy atom. The molecule has 1 aromatic heterocycles. The lowest BCUT2D eigenvalue weighted by molar-refractivity contribution is -0.120. The van der Waals surface area contributed by atoms with E-state index in [1.165, 1.54) is 37.2 Å². The molecule has 1 aliphatic rings. The third-order valence-electron chi connectivity index (χ3n) is 4.59. The molecule has 1 aromatic rings. The monoisotopic (exact) mass is 448 g/mol. The zero-order chi connectivity index (χ0) is 21.4. The minimum atomic E-state index is -0.0170. The quantitative estimate of drug-likeness (QED) is 0.260. The minimum absolute atomic E-state index is 0.0170. The van der Waals surface area contributed by atoms with E-state index in [0.717, 1.165) is 18.7 Å². The Labute approximate surface area is 189 Å². The van der Waals surface area contributed by atoms with Crippen molar-refractivity contribution in [3.05, 3.63) is 28.6 Å². The zero-order valence-electron chi connectivity index (χ0n) is 17.5. The minimum Gasteiger partial charge on any atom is -0.492 e. The van der Waals surface area contributed by atoms with E-state index >= 15 is 0 Å². The van der Waals surface area contributed by atoms with Crippen molar-refractivity contribution in [1.29, 1.82) is 0 Å². The first kappa shape index (κ1) is 24.2. The average Bonchev–Trinajstić information content (AvgIpc) is 3.20. The molecule has 3 N–H and O–H groups in total. The summed E-state index contributed by atoms with van der Waals surface area (Å²) in [5.41, 5.74) is 0. The summed E-state index contributed by atoms with van der Waals surface area (Å²) < 4.78 is 5.80. The molecule has 0 saturated carbocycles. The molecular formula is C22H32N4O2S2. The summed E-state index contributed by atoms with van der Waals surface area (Å²) in [6.07, 6.45) is 14.6. The van der Waals surface area contributed by atoms with E-state index < -0.39 is 0 Å². The molecule has 6 nitrogen and oxygen atoms in total. The predicted octanol–water partition coefficient (Wildman–Crippen LogP) is 3.01. The molecule has 0 unspecified atom stereocenters. The molecule has 0 aromatic carbocycles. The normalized spacial score (nSPS) is 14.2. The number of carbonyl (C=O) groups is 1. The average molecular weight is 449 g/mol. The Morgan fingerprint density at radius 2 is 2.17 bits per heavy atom. The Kier molecular flexibility index (Phi) is 12.0. The van der Waals surface area contributed by atoms with Crippen LogP contribution in [-0.4, -0.2) is 48.7 Å². The molecule has 1 saturated heterocycles. The number of thiocarbonyl (C=S) groups is 1. The number of rotatable bonds is 12. The molecule has 1 fully saturated rings. The largest absolute Gasteiger partial charge is 0.492 e. The molecule has 8 heteroatoms. The number of terminal acetylenes is 1. The van der Waals surface area contributed by atoms with Crippen LogP contribution >= 0.6 is 23.6 Å². The van der Waals surface area contributed by atoms with Gasteiger partial charge in [-0.1, -0.05) is 18.4 Å². The third-order valence-corrected chi connectivity index (χ3v) is 5.78. The van der Waals surface area contributed by atoms with Crippen LogP contribution < -0.4 is 20.7 Å². The number of piperidine rings is 1. The van der Waals surface area contributed by atoms with Gasteiger partial charge in [-0.05, 0) is 56.8 Å². The molecule has 0 atom stereocenters. The molecule has 30 heavy (non-hydrogen) atoms. The maximum Gasteiger partial charge on any atom is 0.223 e. The van der Waals surface area contributed by atoms with Gasteiger partial charge in [0.15, 0.2) is 5.11 Å². The number of ether oxygens (including phenoxy) is 1. The number of hydrogen-bond acceptors (Lipinski definition) is 5. The van der Waals surface area contributed by atoms with Crippen LogP contribution in [0.5, 0.6) is 5.75 Å². The number of amides is 1. The van der Waals surface area contributed by atoms with Gasteiger partial charge in [0.25, 0.3) is 0 Å². The van der Waals surface area contributed by atoms with E-state index in [2.05, 4.69) is 38.2 Å². The summed E-state index contributed by atoms with van der Waals surface area (Å²) in [6.45, 7) is 5.06. The first-order valence-corrected chi connectivity index (χ1v) is 11.8. The predicted molar refractivity (Wildman–Crippen MR) is 128 cm³/mol. The van der Waals surface area contributed by atoms with Gasteiger partial charge >= 0.3 is 0 Å². The van der Waals surface area contributed by atoms with Gasteiger partial charge in [0.2, 0.25) is 5.91 Å². The van der Waals surface area contributed by atoms with Crippen molar-refractivity contribution < 1.29 is 9.53 Å². The Morgan fingerprint density at radius 1 is 1.33 bits per heavy atom. The van der Waals surface area contributed by atoms with Gasteiger partial charge < -0.3 is 20.7 Å². The van der Waals surface area contributed by atoms with E-state index in [-0.39, 0.29) is 5.91 Å². The first-order valence-electron chi connectivity index (χ1n) is 10.5. The van der Waals surface area contributed by atoms with Crippen molar-refractivity contribution in [2.75, 3.05) is 32.8 Å². The van der Waals surface area contributed by atoms with E-state index in [0.29, 0.717) is 37.7 Å². The second-order valence-electron chi connectivity index (χ2n) is 7.11. The molecule has 164 valence electrons. The van der Waals surface area contributed by atoms with Crippen LogP contribution in [0.3, 0.4) is 0 Å². The number of nitrogens with one attached hydrogen (secondary N) is 3. The lowest BCUT2D eigenvalue weighted by Crippen LogP contribution is -2.36. The topological polar surface area (TPSA) is 65.6 Å². The van der Waals surface area contributed by atoms with Crippen molar-refractivity contribution in [1.82, 2.24) is 20.9 Å². The summed E-state index contributed by atoms with van der Waals surface area (Å²) in [7, 11) is 0. The Balaban J connectivity index is 1.49. The molecule has 0 spiro atoms. The molecule has 1 amide bonds. The van der Waals surface area contributed by atoms with Crippen molar-refractivity contribution >= 4 is 34.6 Å². The molecule has 0 radical (unpaired) electrons. The molecule has 2 heterocycles. The van der Waals surface area contributed by atoms with Gasteiger partial charge in [-0.2, -0.15) is 0 Å². The van der Waals surface area contributed by atoms with Gasteiger partial charge in [0.1, 0.15) is 5.75 Å². The van der Waals surface area contributed by atoms with Crippen LogP contribution in [0, 0.1) is 12.3 Å². The van der Waals surface area contributed by atoms with Gasteiger partial charge in [0, 0.05) is 36.2 Å².